The number of hydrogen-bond donors (Lipinski definition) is 1. The van der Waals surface area contributed by atoms with Crippen LogP contribution in [0, 0.1) is 6.92 Å². The predicted octanol–water partition coefficient (Wildman–Crippen LogP) is 4.14. The van der Waals surface area contributed by atoms with E-state index in [-0.39, 0.29) is 18.2 Å². The highest BCUT2D eigenvalue weighted by Crippen LogP contribution is 2.39. The predicted molar refractivity (Wildman–Crippen MR) is 115 cm³/mol. The zero-order valence-corrected chi connectivity index (χ0v) is 17.0. The first-order valence-electron chi connectivity index (χ1n) is 9.84. The van der Waals surface area contributed by atoms with Crippen molar-refractivity contribution in [3.8, 4) is 11.3 Å². The van der Waals surface area contributed by atoms with Gasteiger partial charge in [-0.25, -0.2) is 4.98 Å². The van der Waals surface area contributed by atoms with Crippen LogP contribution in [0.1, 0.15) is 28.1 Å². The highest BCUT2D eigenvalue weighted by Gasteiger charge is 2.32. The van der Waals surface area contributed by atoms with Crippen LogP contribution < -0.4 is 10.2 Å². The van der Waals surface area contributed by atoms with Crippen molar-refractivity contribution >= 4 is 34.5 Å². The van der Waals surface area contributed by atoms with Crippen molar-refractivity contribution in [1.82, 2.24) is 4.98 Å². The largest absolute Gasteiger partial charge is 0.326 e. The van der Waals surface area contributed by atoms with Gasteiger partial charge in [0.15, 0.2) is 0 Å². The molecule has 0 aliphatic carbocycles. The van der Waals surface area contributed by atoms with Crippen molar-refractivity contribution in [1.29, 1.82) is 0 Å². The molecule has 6 heteroatoms. The molecule has 0 saturated carbocycles. The van der Waals surface area contributed by atoms with Crippen LogP contribution in [0.4, 0.5) is 11.4 Å². The second-order valence-corrected chi connectivity index (χ2v) is 8.63. The monoisotopic (exact) mass is 403 g/mol. The number of amides is 2. The molecule has 2 amide bonds. The first-order chi connectivity index (χ1) is 14.1. The van der Waals surface area contributed by atoms with Gasteiger partial charge in [-0.3, -0.25) is 9.59 Å². The summed E-state index contributed by atoms with van der Waals surface area (Å²) in [6, 6.07) is 12.0. The van der Waals surface area contributed by atoms with Crippen molar-refractivity contribution < 1.29 is 9.59 Å². The lowest BCUT2D eigenvalue weighted by molar-refractivity contribution is -0.117. The molecule has 0 fully saturated rings. The summed E-state index contributed by atoms with van der Waals surface area (Å²) in [5.74, 6) is 0.131. The summed E-state index contributed by atoms with van der Waals surface area (Å²) in [6.07, 6.45) is 2.73. The molecule has 2 aliphatic heterocycles. The van der Waals surface area contributed by atoms with Crippen LogP contribution in [0.2, 0.25) is 0 Å². The standard InChI is InChI=1S/C23H21N3O2S/c1-14-4-2-6-18(8-14)24-20(27)12-21-25-19(13-29-21)16-9-15-5-3-7-26-22(28)11-17(10-16)23(15)26/h2,4,6,8-10,13H,3,5,7,11-12H2,1H3,(H,24,27). The molecule has 5 rings (SSSR count). The molecule has 146 valence electrons. The lowest BCUT2D eigenvalue weighted by Gasteiger charge is -2.25. The summed E-state index contributed by atoms with van der Waals surface area (Å²) in [6.45, 7) is 2.83. The first kappa shape index (κ1) is 18.1. The van der Waals surface area contributed by atoms with E-state index in [0.717, 1.165) is 58.2 Å². The number of carbonyl (C=O) groups excluding carboxylic acids is 2. The average Bonchev–Trinajstić information content (AvgIpc) is 3.27. The van der Waals surface area contributed by atoms with Gasteiger partial charge in [-0.1, -0.05) is 12.1 Å². The zero-order chi connectivity index (χ0) is 20.0. The number of aromatic nitrogens is 1. The maximum atomic E-state index is 12.4. The van der Waals surface area contributed by atoms with Gasteiger partial charge in [0.25, 0.3) is 0 Å². The number of hydrogen-bond acceptors (Lipinski definition) is 4. The van der Waals surface area contributed by atoms with Gasteiger partial charge in [-0.15, -0.1) is 11.3 Å². The molecule has 3 heterocycles. The Hall–Kier alpha value is -2.99. The Labute approximate surface area is 173 Å². The molecule has 0 unspecified atom stereocenters. The maximum Gasteiger partial charge on any atom is 0.231 e. The van der Waals surface area contributed by atoms with Gasteiger partial charge < -0.3 is 10.2 Å². The van der Waals surface area contributed by atoms with E-state index in [1.54, 1.807) is 0 Å². The van der Waals surface area contributed by atoms with Crippen molar-refractivity contribution in [3.63, 3.8) is 0 Å². The number of nitrogens with zero attached hydrogens (tertiary/aromatic N) is 2. The lowest BCUT2D eigenvalue weighted by atomic mass is 9.96. The normalized spacial score (nSPS) is 14.8. The third-order valence-corrected chi connectivity index (χ3v) is 6.32. The number of anilines is 2. The highest BCUT2D eigenvalue weighted by molar-refractivity contribution is 7.10. The SMILES string of the molecule is Cc1cccc(NC(=O)Cc2nc(-c3cc4c5c(c3)CC(=O)N5CCC4)cs2)c1. The molecule has 1 N–H and O–H groups in total. The minimum absolute atomic E-state index is 0.0678. The summed E-state index contributed by atoms with van der Waals surface area (Å²) in [5, 5.41) is 5.72. The van der Waals surface area contributed by atoms with Gasteiger partial charge in [-0.05, 0) is 60.7 Å². The van der Waals surface area contributed by atoms with Crippen LogP contribution in [-0.4, -0.2) is 23.3 Å². The Morgan fingerprint density at radius 1 is 1.24 bits per heavy atom. The number of nitrogens with one attached hydrogen (secondary N) is 1. The molecule has 0 atom stereocenters. The van der Waals surface area contributed by atoms with Crippen molar-refractivity contribution in [2.75, 3.05) is 16.8 Å². The van der Waals surface area contributed by atoms with Crippen LogP contribution in [-0.2, 0) is 28.9 Å². The highest BCUT2D eigenvalue weighted by atomic mass is 32.1. The van der Waals surface area contributed by atoms with Crippen molar-refractivity contribution in [3.05, 3.63) is 63.5 Å². The molecule has 0 spiro atoms. The summed E-state index contributed by atoms with van der Waals surface area (Å²) < 4.78 is 0. The smallest absolute Gasteiger partial charge is 0.231 e. The van der Waals surface area contributed by atoms with E-state index in [0.29, 0.717) is 6.42 Å². The topological polar surface area (TPSA) is 62.3 Å². The average molecular weight is 404 g/mol. The molecule has 3 aromatic rings. The van der Waals surface area contributed by atoms with Crippen molar-refractivity contribution in [2.24, 2.45) is 0 Å². The summed E-state index contributed by atoms with van der Waals surface area (Å²) in [4.78, 5) is 31.3. The quantitative estimate of drug-likeness (QED) is 0.712. The Bertz CT molecular complexity index is 1130. The molecule has 29 heavy (non-hydrogen) atoms. The van der Waals surface area contributed by atoms with E-state index in [9.17, 15) is 9.59 Å². The Balaban J connectivity index is 1.35. The fraction of sp³-hybridized carbons (Fsp3) is 0.261. The third-order valence-electron chi connectivity index (χ3n) is 5.47. The van der Waals surface area contributed by atoms with Gasteiger partial charge in [0.1, 0.15) is 5.01 Å². The van der Waals surface area contributed by atoms with Crippen LogP contribution in [0.5, 0.6) is 0 Å². The van der Waals surface area contributed by atoms with E-state index in [1.165, 1.54) is 16.9 Å². The molecule has 0 saturated heterocycles. The fourth-order valence-corrected chi connectivity index (χ4v) is 5.02. The van der Waals surface area contributed by atoms with Crippen LogP contribution in [0.15, 0.2) is 41.8 Å². The van der Waals surface area contributed by atoms with Crippen molar-refractivity contribution in [2.45, 2.75) is 32.6 Å². The van der Waals surface area contributed by atoms with Crippen LogP contribution in [0.25, 0.3) is 11.3 Å². The summed E-state index contributed by atoms with van der Waals surface area (Å²) in [5.41, 5.74) is 7.30. The van der Waals surface area contributed by atoms with Gasteiger partial charge in [0.2, 0.25) is 11.8 Å². The Morgan fingerprint density at radius 2 is 2.10 bits per heavy atom. The van der Waals surface area contributed by atoms with E-state index in [4.69, 9.17) is 4.98 Å². The van der Waals surface area contributed by atoms with E-state index in [1.807, 2.05) is 41.5 Å². The van der Waals surface area contributed by atoms with Crippen LogP contribution in [0.3, 0.4) is 0 Å². The molecular weight excluding hydrogens is 382 g/mol. The minimum Gasteiger partial charge on any atom is -0.326 e. The fourth-order valence-electron chi connectivity index (χ4n) is 4.22. The molecule has 0 radical (unpaired) electrons. The van der Waals surface area contributed by atoms with Gasteiger partial charge in [-0.2, -0.15) is 0 Å². The Kier molecular flexibility index (Phi) is 4.43. The molecule has 2 aromatic carbocycles. The molecule has 0 bridgehead atoms. The summed E-state index contributed by atoms with van der Waals surface area (Å²) in [7, 11) is 0. The van der Waals surface area contributed by atoms with Gasteiger partial charge in [0.05, 0.1) is 24.2 Å². The van der Waals surface area contributed by atoms with E-state index in [2.05, 4.69) is 17.4 Å². The minimum atomic E-state index is -0.0678. The van der Waals surface area contributed by atoms with Gasteiger partial charge in [0, 0.05) is 23.2 Å². The number of benzene rings is 2. The second kappa shape index (κ2) is 7.12. The number of aryl methyl sites for hydroxylation is 2. The molecule has 2 aliphatic rings. The zero-order valence-electron chi connectivity index (χ0n) is 16.2. The Morgan fingerprint density at radius 3 is 2.97 bits per heavy atom. The molecule has 5 nitrogen and oxygen atoms in total. The molecular formula is C23H21N3O2S. The maximum absolute atomic E-state index is 12.4. The summed E-state index contributed by atoms with van der Waals surface area (Å²) >= 11 is 1.50. The number of carbonyl (C=O) groups is 2. The molecule has 1 aromatic heterocycles. The van der Waals surface area contributed by atoms with Crippen LogP contribution >= 0.6 is 11.3 Å². The number of thiazole rings is 1. The van der Waals surface area contributed by atoms with E-state index < -0.39 is 0 Å². The number of rotatable bonds is 4. The lowest BCUT2D eigenvalue weighted by Crippen LogP contribution is -2.31. The first-order valence-corrected chi connectivity index (χ1v) is 10.7. The third kappa shape index (κ3) is 3.44. The van der Waals surface area contributed by atoms with E-state index >= 15 is 0 Å². The van der Waals surface area contributed by atoms with Gasteiger partial charge >= 0.3 is 0 Å². The second-order valence-electron chi connectivity index (χ2n) is 7.69.